The molecule has 1 N–H and O–H groups in total. The molecule has 3 heterocycles. The highest BCUT2D eigenvalue weighted by Crippen LogP contribution is 2.31. The first-order valence-electron chi connectivity index (χ1n) is 7.19. The molecule has 1 aliphatic rings. The van der Waals surface area contributed by atoms with Crippen LogP contribution in [0.3, 0.4) is 0 Å². The van der Waals surface area contributed by atoms with Gasteiger partial charge in [0.2, 0.25) is 5.95 Å². The molecule has 1 fully saturated rings. The van der Waals surface area contributed by atoms with Crippen LogP contribution >= 0.6 is 11.3 Å². The van der Waals surface area contributed by atoms with Crippen LogP contribution in [-0.4, -0.2) is 61.6 Å². The highest BCUT2D eigenvalue weighted by atomic mass is 32.1. The van der Waals surface area contributed by atoms with Gasteiger partial charge in [0, 0.05) is 33.3 Å². The van der Waals surface area contributed by atoms with Gasteiger partial charge < -0.3 is 19.6 Å². The molecule has 0 unspecified atom stereocenters. The lowest BCUT2D eigenvalue weighted by Crippen LogP contribution is -2.37. The van der Waals surface area contributed by atoms with Gasteiger partial charge in [0.05, 0.1) is 23.4 Å². The summed E-state index contributed by atoms with van der Waals surface area (Å²) >= 11 is 1.68. The van der Waals surface area contributed by atoms with E-state index in [0.717, 1.165) is 54.8 Å². The summed E-state index contributed by atoms with van der Waals surface area (Å²) in [6, 6.07) is 2.04. The molecule has 21 heavy (non-hydrogen) atoms. The summed E-state index contributed by atoms with van der Waals surface area (Å²) in [7, 11) is 1.96. The van der Waals surface area contributed by atoms with Crippen molar-refractivity contribution in [3.05, 3.63) is 11.4 Å². The number of anilines is 2. The van der Waals surface area contributed by atoms with E-state index < -0.39 is 0 Å². The molecule has 0 atom stereocenters. The number of aliphatic hydroxyl groups excluding tert-OH is 1. The number of nitrogens with zero attached hydrogens (tertiary/aromatic N) is 4. The van der Waals surface area contributed by atoms with E-state index in [1.807, 2.05) is 18.0 Å². The Morgan fingerprint density at radius 1 is 1.38 bits per heavy atom. The van der Waals surface area contributed by atoms with Crippen LogP contribution in [0.15, 0.2) is 11.4 Å². The van der Waals surface area contributed by atoms with Crippen LogP contribution in [0.4, 0.5) is 11.8 Å². The second-order valence-corrected chi connectivity index (χ2v) is 6.00. The van der Waals surface area contributed by atoms with Gasteiger partial charge in [0.15, 0.2) is 5.82 Å². The van der Waals surface area contributed by atoms with Crippen molar-refractivity contribution in [2.24, 2.45) is 0 Å². The fraction of sp³-hybridized carbons (Fsp3) is 0.571. The third-order valence-electron chi connectivity index (χ3n) is 3.58. The number of aliphatic hydroxyl groups is 1. The summed E-state index contributed by atoms with van der Waals surface area (Å²) in [5, 5.41) is 11.0. The van der Waals surface area contributed by atoms with Crippen LogP contribution in [-0.2, 0) is 4.74 Å². The second-order valence-electron chi connectivity index (χ2n) is 5.08. The summed E-state index contributed by atoms with van der Waals surface area (Å²) in [5.41, 5.74) is 0.988. The minimum atomic E-state index is 0.182. The van der Waals surface area contributed by atoms with Gasteiger partial charge in [-0.25, -0.2) is 4.98 Å². The van der Waals surface area contributed by atoms with Crippen LogP contribution in [0.1, 0.15) is 6.42 Å². The van der Waals surface area contributed by atoms with Crippen LogP contribution in [0.5, 0.6) is 0 Å². The minimum Gasteiger partial charge on any atom is -0.396 e. The molecule has 0 spiro atoms. The lowest BCUT2D eigenvalue weighted by molar-refractivity contribution is 0.122. The molecular weight excluding hydrogens is 288 g/mol. The van der Waals surface area contributed by atoms with E-state index in [-0.39, 0.29) is 6.61 Å². The van der Waals surface area contributed by atoms with Crippen molar-refractivity contribution >= 4 is 33.3 Å². The number of morpholine rings is 1. The molecule has 1 saturated heterocycles. The molecule has 0 bridgehead atoms. The van der Waals surface area contributed by atoms with Gasteiger partial charge in [-0.2, -0.15) is 4.98 Å². The first-order valence-corrected chi connectivity index (χ1v) is 8.07. The van der Waals surface area contributed by atoms with E-state index in [1.165, 1.54) is 0 Å². The molecule has 0 saturated carbocycles. The zero-order valence-corrected chi connectivity index (χ0v) is 13.0. The first-order chi connectivity index (χ1) is 10.3. The Bertz CT molecular complexity index is 598. The van der Waals surface area contributed by atoms with E-state index >= 15 is 0 Å². The summed E-state index contributed by atoms with van der Waals surface area (Å²) in [6.45, 7) is 4.14. The largest absolute Gasteiger partial charge is 0.396 e. The number of fused-ring (bicyclic) bond motifs is 1. The van der Waals surface area contributed by atoms with Gasteiger partial charge >= 0.3 is 0 Å². The summed E-state index contributed by atoms with van der Waals surface area (Å²) in [5.74, 6) is 1.72. The quantitative estimate of drug-likeness (QED) is 0.899. The number of hydrogen-bond donors (Lipinski definition) is 1. The average molecular weight is 308 g/mol. The Morgan fingerprint density at radius 3 is 2.95 bits per heavy atom. The predicted molar refractivity (Wildman–Crippen MR) is 85.4 cm³/mol. The first kappa shape index (κ1) is 14.5. The molecule has 6 nitrogen and oxygen atoms in total. The summed E-state index contributed by atoms with van der Waals surface area (Å²) in [4.78, 5) is 13.7. The Hall–Kier alpha value is -1.44. The normalized spacial score (nSPS) is 15.6. The fourth-order valence-corrected chi connectivity index (χ4v) is 3.25. The third-order valence-corrected chi connectivity index (χ3v) is 4.48. The summed E-state index contributed by atoms with van der Waals surface area (Å²) in [6.07, 6.45) is 0.717. The van der Waals surface area contributed by atoms with Gasteiger partial charge in [-0.05, 0) is 17.9 Å². The lowest BCUT2D eigenvalue weighted by atomic mass is 10.3. The molecule has 0 radical (unpaired) electrons. The number of ether oxygens (including phenoxy) is 1. The van der Waals surface area contributed by atoms with E-state index in [0.29, 0.717) is 6.42 Å². The highest BCUT2D eigenvalue weighted by molar-refractivity contribution is 7.17. The Morgan fingerprint density at radius 2 is 2.19 bits per heavy atom. The maximum absolute atomic E-state index is 8.97. The lowest BCUT2D eigenvalue weighted by Gasteiger charge is -2.29. The number of rotatable bonds is 5. The average Bonchev–Trinajstić information content (AvgIpc) is 3.01. The van der Waals surface area contributed by atoms with Gasteiger partial charge in [-0.1, -0.05) is 0 Å². The van der Waals surface area contributed by atoms with E-state index in [2.05, 4.69) is 15.3 Å². The molecule has 114 valence electrons. The molecule has 2 aromatic heterocycles. The molecule has 1 aliphatic heterocycles. The van der Waals surface area contributed by atoms with Crippen molar-refractivity contribution in [2.45, 2.75) is 6.42 Å². The molecule has 0 aromatic carbocycles. The van der Waals surface area contributed by atoms with E-state index in [9.17, 15) is 0 Å². The number of thiophene rings is 1. The van der Waals surface area contributed by atoms with Crippen molar-refractivity contribution in [1.82, 2.24) is 9.97 Å². The third kappa shape index (κ3) is 3.09. The Labute approximate surface area is 128 Å². The van der Waals surface area contributed by atoms with Crippen LogP contribution in [0.2, 0.25) is 0 Å². The van der Waals surface area contributed by atoms with Gasteiger partial charge in [-0.3, -0.25) is 0 Å². The maximum atomic E-state index is 8.97. The molecule has 3 rings (SSSR count). The summed E-state index contributed by atoms with van der Waals surface area (Å²) < 4.78 is 6.56. The van der Waals surface area contributed by atoms with Gasteiger partial charge in [-0.15, -0.1) is 11.3 Å². The number of aromatic nitrogens is 2. The molecule has 0 amide bonds. The molecule has 0 aliphatic carbocycles. The van der Waals surface area contributed by atoms with Crippen molar-refractivity contribution in [2.75, 3.05) is 56.3 Å². The van der Waals surface area contributed by atoms with Crippen molar-refractivity contribution in [3.63, 3.8) is 0 Å². The van der Waals surface area contributed by atoms with Crippen LogP contribution in [0.25, 0.3) is 10.2 Å². The van der Waals surface area contributed by atoms with Crippen molar-refractivity contribution < 1.29 is 9.84 Å². The van der Waals surface area contributed by atoms with Gasteiger partial charge in [0.25, 0.3) is 0 Å². The van der Waals surface area contributed by atoms with Crippen molar-refractivity contribution in [3.8, 4) is 0 Å². The zero-order chi connectivity index (χ0) is 14.7. The zero-order valence-electron chi connectivity index (χ0n) is 12.2. The topological polar surface area (TPSA) is 61.7 Å². The monoisotopic (exact) mass is 308 g/mol. The van der Waals surface area contributed by atoms with E-state index in [1.54, 1.807) is 11.3 Å². The number of hydrogen-bond acceptors (Lipinski definition) is 7. The smallest absolute Gasteiger partial charge is 0.227 e. The molecular formula is C14H20N4O2S. The van der Waals surface area contributed by atoms with Crippen molar-refractivity contribution in [1.29, 1.82) is 0 Å². The molecule has 7 heteroatoms. The fourth-order valence-electron chi connectivity index (χ4n) is 2.40. The Balaban J connectivity index is 1.94. The van der Waals surface area contributed by atoms with Gasteiger partial charge in [0.1, 0.15) is 0 Å². The standard InChI is InChI=1S/C14H20N4O2S/c1-17(4-2-7-19)14-15-11-3-10-21-12(11)13(16-14)18-5-8-20-9-6-18/h3,10,19H,2,4-9H2,1H3. The Kier molecular flexibility index (Phi) is 4.52. The van der Waals surface area contributed by atoms with E-state index in [4.69, 9.17) is 14.8 Å². The predicted octanol–water partition coefficient (Wildman–Crippen LogP) is 1.35. The van der Waals surface area contributed by atoms with Crippen LogP contribution in [0, 0.1) is 0 Å². The highest BCUT2D eigenvalue weighted by Gasteiger charge is 2.19. The second kappa shape index (κ2) is 6.55. The molecule has 2 aromatic rings. The maximum Gasteiger partial charge on any atom is 0.227 e. The SMILES string of the molecule is CN(CCCO)c1nc(N2CCOCC2)c2sccc2n1. The van der Waals surface area contributed by atoms with Crippen LogP contribution < -0.4 is 9.80 Å². The minimum absolute atomic E-state index is 0.182.